The highest BCUT2D eigenvalue weighted by atomic mass is 16.1. The number of aromatic amines is 1. The van der Waals surface area contributed by atoms with Crippen molar-refractivity contribution < 1.29 is 0 Å². The molecule has 0 atom stereocenters. The summed E-state index contributed by atoms with van der Waals surface area (Å²) in [5.74, 6) is 0.647. The molecule has 1 aliphatic rings. The summed E-state index contributed by atoms with van der Waals surface area (Å²) in [5.41, 5.74) is 2.54. The molecule has 0 spiro atoms. The monoisotopic (exact) mass is 263 g/mol. The minimum atomic E-state index is -0.0389. The van der Waals surface area contributed by atoms with Gasteiger partial charge in [0.25, 0.3) is 5.56 Å². The Hall–Kier alpha value is -2.46. The first-order valence-corrected chi connectivity index (χ1v) is 6.64. The Kier molecular flexibility index (Phi) is 2.44. The number of nitrogens with zero attached hydrogens (tertiary/aromatic N) is 1. The van der Waals surface area contributed by atoms with Crippen molar-refractivity contribution in [2.75, 3.05) is 0 Å². The Balaban J connectivity index is 2.01. The molecule has 98 valence electrons. The molecule has 0 aliphatic carbocycles. The van der Waals surface area contributed by atoms with Crippen molar-refractivity contribution in [3.63, 3.8) is 0 Å². The van der Waals surface area contributed by atoms with Gasteiger partial charge < -0.3 is 10.3 Å². The van der Waals surface area contributed by atoms with Gasteiger partial charge in [-0.15, -0.1) is 0 Å². The van der Waals surface area contributed by atoms with Crippen molar-refractivity contribution in [2.24, 2.45) is 0 Å². The predicted octanol–water partition coefficient (Wildman–Crippen LogP) is 2.19. The molecule has 3 aromatic rings. The molecular formula is C16H13N3O. The zero-order valence-electron chi connectivity index (χ0n) is 10.8. The van der Waals surface area contributed by atoms with Crippen LogP contribution in [0.4, 0.5) is 0 Å². The van der Waals surface area contributed by atoms with E-state index >= 15 is 0 Å². The maximum absolute atomic E-state index is 12.1. The van der Waals surface area contributed by atoms with Gasteiger partial charge in [-0.05, 0) is 10.8 Å². The summed E-state index contributed by atoms with van der Waals surface area (Å²) in [6.45, 7) is 1.27. The third-order valence-corrected chi connectivity index (χ3v) is 3.74. The quantitative estimate of drug-likeness (QED) is 0.707. The molecule has 1 aliphatic heterocycles. The number of H-pyrrole nitrogens is 1. The number of fused-ring (bicyclic) bond motifs is 2. The molecule has 4 rings (SSSR count). The average molecular weight is 263 g/mol. The molecule has 2 heterocycles. The number of rotatable bonds is 1. The maximum Gasteiger partial charge on any atom is 0.255 e. The Morgan fingerprint density at radius 3 is 2.80 bits per heavy atom. The lowest BCUT2D eigenvalue weighted by molar-refractivity contribution is 0.757. The summed E-state index contributed by atoms with van der Waals surface area (Å²) in [4.78, 5) is 19.6. The second-order valence-electron chi connectivity index (χ2n) is 4.97. The molecule has 2 aromatic carbocycles. The first kappa shape index (κ1) is 11.4. The van der Waals surface area contributed by atoms with Crippen LogP contribution in [0, 0.1) is 0 Å². The normalized spacial score (nSPS) is 13.6. The molecule has 4 heteroatoms. The molecule has 2 N–H and O–H groups in total. The fourth-order valence-corrected chi connectivity index (χ4v) is 2.74. The summed E-state index contributed by atoms with van der Waals surface area (Å²) in [6.07, 6.45) is 0. The Bertz CT molecular complexity index is 862. The van der Waals surface area contributed by atoms with Crippen LogP contribution in [0.3, 0.4) is 0 Å². The second kappa shape index (κ2) is 4.28. The van der Waals surface area contributed by atoms with E-state index in [9.17, 15) is 4.79 Å². The summed E-state index contributed by atoms with van der Waals surface area (Å²) < 4.78 is 0. The van der Waals surface area contributed by atoms with Gasteiger partial charge in [-0.1, -0.05) is 42.5 Å². The van der Waals surface area contributed by atoms with Crippen LogP contribution in [0.25, 0.3) is 22.2 Å². The van der Waals surface area contributed by atoms with Crippen LogP contribution in [-0.2, 0) is 13.1 Å². The molecule has 0 saturated carbocycles. The van der Waals surface area contributed by atoms with Crippen LogP contribution in [0.2, 0.25) is 0 Å². The van der Waals surface area contributed by atoms with Crippen molar-refractivity contribution in [3.05, 3.63) is 64.1 Å². The molecule has 0 radical (unpaired) electrons. The highest BCUT2D eigenvalue weighted by molar-refractivity contribution is 5.94. The smallest absolute Gasteiger partial charge is 0.255 e. The highest BCUT2D eigenvalue weighted by Gasteiger charge is 2.17. The number of hydrogen-bond acceptors (Lipinski definition) is 3. The molecule has 0 unspecified atom stereocenters. The van der Waals surface area contributed by atoms with Gasteiger partial charge >= 0.3 is 0 Å². The van der Waals surface area contributed by atoms with E-state index in [1.165, 1.54) is 0 Å². The minimum absolute atomic E-state index is 0.0389. The number of hydrogen-bond donors (Lipinski definition) is 2. The van der Waals surface area contributed by atoms with Crippen LogP contribution in [0.5, 0.6) is 0 Å². The third-order valence-electron chi connectivity index (χ3n) is 3.74. The van der Waals surface area contributed by atoms with Gasteiger partial charge in [0, 0.05) is 18.7 Å². The molecular weight excluding hydrogens is 250 g/mol. The summed E-state index contributed by atoms with van der Waals surface area (Å²) in [5, 5.41) is 5.41. The fraction of sp³-hybridized carbons (Fsp3) is 0.125. The Morgan fingerprint density at radius 1 is 1.00 bits per heavy atom. The largest absolute Gasteiger partial charge is 0.307 e. The van der Waals surface area contributed by atoms with E-state index in [-0.39, 0.29) is 5.56 Å². The molecule has 0 bridgehead atoms. The summed E-state index contributed by atoms with van der Waals surface area (Å²) in [6, 6.07) is 14.2. The van der Waals surface area contributed by atoms with Crippen molar-refractivity contribution in [2.45, 2.75) is 13.1 Å². The van der Waals surface area contributed by atoms with Crippen molar-refractivity contribution in [3.8, 4) is 11.4 Å². The summed E-state index contributed by atoms with van der Waals surface area (Å²) >= 11 is 0. The number of nitrogens with one attached hydrogen (secondary N) is 2. The van der Waals surface area contributed by atoms with E-state index < -0.39 is 0 Å². The zero-order chi connectivity index (χ0) is 13.5. The topological polar surface area (TPSA) is 57.8 Å². The SMILES string of the molecule is O=c1[nH]c(-c2cccc3ccccc23)nc2c1CNC2. The van der Waals surface area contributed by atoms with Crippen molar-refractivity contribution >= 4 is 10.8 Å². The lowest BCUT2D eigenvalue weighted by Gasteiger charge is -2.07. The third kappa shape index (κ3) is 1.66. The van der Waals surface area contributed by atoms with Crippen molar-refractivity contribution in [1.29, 1.82) is 0 Å². The number of benzene rings is 2. The van der Waals surface area contributed by atoms with Gasteiger partial charge in [0.1, 0.15) is 5.82 Å². The van der Waals surface area contributed by atoms with Crippen LogP contribution < -0.4 is 10.9 Å². The van der Waals surface area contributed by atoms with E-state index in [1.54, 1.807) is 0 Å². The van der Waals surface area contributed by atoms with Gasteiger partial charge in [0.2, 0.25) is 0 Å². The zero-order valence-corrected chi connectivity index (χ0v) is 10.8. The van der Waals surface area contributed by atoms with E-state index in [0.717, 1.165) is 27.6 Å². The average Bonchev–Trinajstić information content (AvgIpc) is 2.95. The van der Waals surface area contributed by atoms with Gasteiger partial charge in [0.15, 0.2) is 0 Å². The number of aromatic nitrogens is 2. The lowest BCUT2D eigenvalue weighted by atomic mass is 10.0. The van der Waals surface area contributed by atoms with Crippen LogP contribution in [0.1, 0.15) is 11.3 Å². The Labute approximate surface area is 115 Å². The predicted molar refractivity (Wildman–Crippen MR) is 78.3 cm³/mol. The van der Waals surface area contributed by atoms with Crippen LogP contribution in [-0.4, -0.2) is 9.97 Å². The van der Waals surface area contributed by atoms with Gasteiger partial charge in [0.05, 0.1) is 11.3 Å². The van der Waals surface area contributed by atoms with E-state index in [0.29, 0.717) is 18.9 Å². The van der Waals surface area contributed by atoms with Crippen LogP contribution in [0.15, 0.2) is 47.3 Å². The van der Waals surface area contributed by atoms with E-state index in [4.69, 9.17) is 0 Å². The first-order chi connectivity index (χ1) is 9.83. The van der Waals surface area contributed by atoms with Crippen LogP contribution >= 0.6 is 0 Å². The molecule has 20 heavy (non-hydrogen) atoms. The Morgan fingerprint density at radius 2 is 1.85 bits per heavy atom. The minimum Gasteiger partial charge on any atom is -0.307 e. The van der Waals surface area contributed by atoms with Gasteiger partial charge in [-0.25, -0.2) is 4.98 Å². The fourth-order valence-electron chi connectivity index (χ4n) is 2.74. The molecule has 0 fully saturated rings. The van der Waals surface area contributed by atoms with E-state index in [2.05, 4.69) is 33.5 Å². The van der Waals surface area contributed by atoms with Crippen molar-refractivity contribution in [1.82, 2.24) is 15.3 Å². The van der Waals surface area contributed by atoms with E-state index in [1.807, 2.05) is 24.3 Å². The lowest BCUT2D eigenvalue weighted by Crippen LogP contribution is -2.15. The first-order valence-electron chi connectivity index (χ1n) is 6.64. The highest BCUT2D eigenvalue weighted by Crippen LogP contribution is 2.26. The molecule has 1 aromatic heterocycles. The maximum atomic E-state index is 12.1. The molecule has 0 saturated heterocycles. The molecule has 4 nitrogen and oxygen atoms in total. The second-order valence-corrected chi connectivity index (χ2v) is 4.97. The standard InChI is InChI=1S/C16H13N3O/c20-16-13-8-17-9-14(13)18-15(19-16)12-7-3-5-10-4-1-2-6-11(10)12/h1-7,17H,8-9H2,(H,18,19,20). The molecule has 0 amide bonds. The summed E-state index contributed by atoms with van der Waals surface area (Å²) in [7, 11) is 0. The van der Waals surface area contributed by atoms with Gasteiger partial charge in [-0.3, -0.25) is 4.79 Å². The van der Waals surface area contributed by atoms with Gasteiger partial charge in [-0.2, -0.15) is 0 Å².